The molecule has 3 fully saturated rings. The van der Waals surface area contributed by atoms with Gasteiger partial charge in [0.15, 0.2) is 0 Å². The van der Waals surface area contributed by atoms with E-state index >= 15 is 0 Å². The fourth-order valence-electron chi connectivity index (χ4n) is 4.36. The number of hydrogen-bond donors (Lipinski definition) is 2. The van der Waals surface area contributed by atoms with Crippen LogP contribution in [-0.4, -0.2) is 6.04 Å². The molecule has 3 aliphatic rings. The van der Waals surface area contributed by atoms with Gasteiger partial charge in [-0.05, 0) is 48.9 Å². The van der Waals surface area contributed by atoms with Crippen LogP contribution in [0.2, 0.25) is 0 Å². The van der Waals surface area contributed by atoms with E-state index in [0.717, 1.165) is 36.0 Å². The van der Waals surface area contributed by atoms with Crippen molar-refractivity contribution in [2.75, 3.05) is 0 Å². The SMILES string of the molecule is C#CCC(NN)C1C2C3CCC(C3)C21. The summed E-state index contributed by atoms with van der Waals surface area (Å²) >= 11 is 0. The molecule has 5 atom stereocenters. The summed E-state index contributed by atoms with van der Waals surface area (Å²) in [5, 5.41) is 0. The second-order valence-electron chi connectivity index (χ2n) is 5.25. The molecular weight excluding hydrogens is 172 g/mol. The van der Waals surface area contributed by atoms with Crippen LogP contribution in [0.3, 0.4) is 0 Å². The van der Waals surface area contributed by atoms with Gasteiger partial charge in [-0.1, -0.05) is 0 Å². The molecule has 0 spiro atoms. The van der Waals surface area contributed by atoms with E-state index in [0.29, 0.717) is 6.04 Å². The van der Waals surface area contributed by atoms with Gasteiger partial charge in [0.25, 0.3) is 0 Å². The highest BCUT2D eigenvalue weighted by Crippen LogP contribution is 2.70. The first-order chi connectivity index (χ1) is 6.86. The predicted molar refractivity (Wildman–Crippen MR) is 55.9 cm³/mol. The molecule has 2 nitrogen and oxygen atoms in total. The van der Waals surface area contributed by atoms with E-state index < -0.39 is 0 Å². The Morgan fingerprint density at radius 3 is 2.50 bits per heavy atom. The van der Waals surface area contributed by atoms with Crippen molar-refractivity contribution in [1.29, 1.82) is 0 Å². The quantitative estimate of drug-likeness (QED) is 0.398. The van der Waals surface area contributed by atoms with Crippen LogP contribution in [0.5, 0.6) is 0 Å². The Hall–Kier alpha value is -0.520. The maximum Gasteiger partial charge on any atom is 0.0353 e. The molecule has 0 saturated heterocycles. The summed E-state index contributed by atoms with van der Waals surface area (Å²) < 4.78 is 0. The van der Waals surface area contributed by atoms with Gasteiger partial charge in [0.05, 0.1) is 0 Å². The maximum absolute atomic E-state index is 5.57. The largest absolute Gasteiger partial charge is 0.271 e. The lowest BCUT2D eigenvalue weighted by Gasteiger charge is -2.17. The molecule has 2 bridgehead atoms. The molecule has 2 heteroatoms. The number of nitrogens with one attached hydrogen (secondary N) is 1. The van der Waals surface area contributed by atoms with E-state index in [2.05, 4.69) is 11.3 Å². The molecule has 14 heavy (non-hydrogen) atoms. The van der Waals surface area contributed by atoms with Crippen molar-refractivity contribution in [2.24, 2.45) is 35.4 Å². The van der Waals surface area contributed by atoms with Crippen molar-refractivity contribution >= 4 is 0 Å². The molecule has 3 N–H and O–H groups in total. The van der Waals surface area contributed by atoms with Crippen molar-refractivity contribution < 1.29 is 0 Å². The van der Waals surface area contributed by atoms with Crippen LogP contribution >= 0.6 is 0 Å². The van der Waals surface area contributed by atoms with E-state index in [1.54, 1.807) is 0 Å². The predicted octanol–water partition coefficient (Wildman–Crippen LogP) is 1.13. The highest BCUT2D eigenvalue weighted by Gasteiger charge is 2.66. The summed E-state index contributed by atoms with van der Waals surface area (Å²) in [6.45, 7) is 0. The Morgan fingerprint density at radius 1 is 1.36 bits per heavy atom. The van der Waals surface area contributed by atoms with Gasteiger partial charge in [-0.25, -0.2) is 0 Å². The fourth-order valence-corrected chi connectivity index (χ4v) is 4.36. The minimum atomic E-state index is 0.387. The van der Waals surface area contributed by atoms with Crippen molar-refractivity contribution in [3.05, 3.63) is 0 Å². The molecule has 76 valence electrons. The molecule has 0 amide bonds. The summed E-state index contributed by atoms with van der Waals surface area (Å²) in [5.74, 6) is 13.1. The maximum atomic E-state index is 5.57. The Labute approximate surface area is 85.6 Å². The topological polar surface area (TPSA) is 38.0 Å². The molecule has 0 aromatic rings. The summed E-state index contributed by atoms with van der Waals surface area (Å²) in [5.41, 5.74) is 2.92. The number of terminal acetylenes is 1. The van der Waals surface area contributed by atoms with Crippen molar-refractivity contribution in [1.82, 2.24) is 5.43 Å². The average Bonchev–Trinajstić information content (AvgIpc) is 2.65. The van der Waals surface area contributed by atoms with Crippen molar-refractivity contribution in [3.63, 3.8) is 0 Å². The van der Waals surface area contributed by atoms with Gasteiger partial charge in [0.1, 0.15) is 0 Å². The summed E-state index contributed by atoms with van der Waals surface area (Å²) in [7, 11) is 0. The van der Waals surface area contributed by atoms with E-state index in [1.807, 2.05) is 0 Å². The number of fused-ring (bicyclic) bond motifs is 5. The van der Waals surface area contributed by atoms with E-state index in [1.165, 1.54) is 19.3 Å². The lowest BCUT2D eigenvalue weighted by molar-refractivity contribution is 0.371. The number of hydrazine groups is 1. The van der Waals surface area contributed by atoms with Crippen LogP contribution < -0.4 is 11.3 Å². The first kappa shape index (κ1) is 8.76. The van der Waals surface area contributed by atoms with Crippen LogP contribution in [0.4, 0.5) is 0 Å². The first-order valence-corrected chi connectivity index (χ1v) is 5.76. The third kappa shape index (κ3) is 1.00. The highest BCUT2D eigenvalue weighted by atomic mass is 15.2. The van der Waals surface area contributed by atoms with Crippen molar-refractivity contribution in [3.8, 4) is 12.3 Å². The van der Waals surface area contributed by atoms with Gasteiger partial charge in [0, 0.05) is 12.5 Å². The molecular formula is C12H18N2. The summed E-state index contributed by atoms with van der Waals surface area (Å²) in [6, 6.07) is 0.387. The van der Waals surface area contributed by atoms with E-state index in [9.17, 15) is 0 Å². The Balaban J connectivity index is 1.70. The van der Waals surface area contributed by atoms with Crippen LogP contribution in [0, 0.1) is 41.9 Å². The van der Waals surface area contributed by atoms with Gasteiger partial charge < -0.3 is 0 Å². The lowest BCUT2D eigenvalue weighted by Crippen LogP contribution is -2.38. The van der Waals surface area contributed by atoms with Crippen LogP contribution in [-0.2, 0) is 0 Å². The average molecular weight is 190 g/mol. The molecule has 3 rings (SSSR count). The minimum absolute atomic E-state index is 0.387. The van der Waals surface area contributed by atoms with Gasteiger partial charge in [-0.3, -0.25) is 11.3 Å². The van der Waals surface area contributed by atoms with Gasteiger partial charge in [0.2, 0.25) is 0 Å². The molecule has 0 radical (unpaired) electrons. The highest BCUT2D eigenvalue weighted by molar-refractivity contribution is 5.16. The summed E-state index contributed by atoms with van der Waals surface area (Å²) in [6.07, 6.45) is 10.6. The van der Waals surface area contributed by atoms with Gasteiger partial charge in [-0.15, -0.1) is 12.3 Å². The molecule has 0 aromatic heterocycles. The second kappa shape index (κ2) is 2.98. The minimum Gasteiger partial charge on any atom is -0.271 e. The van der Waals surface area contributed by atoms with Crippen LogP contribution in [0.25, 0.3) is 0 Å². The zero-order valence-corrected chi connectivity index (χ0v) is 8.45. The normalized spacial score (nSPS) is 49.9. The van der Waals surface area contributed by atoms with Crippen LogP contribution in [0.15, 0.2) is 0 Å². The Kier molecular flexibility index (Phi) is 1.87. The van der Waals surface area contributed by atoms with Gasteiger partial charge in [-0.2, -0.15) is 0 Å². The molecule has 3 aliphatic carbocycles. The zero-order chi connectivity index (χ0) is 9.71. The number of nitrogens with two attached hydrogens (primary N) is 1. The third-order valence-electron chi connectivity index (χ3n) is 4.81. The number of rotatable bonds is 3. The summed E-state index contributed by atoms with van der Waals surface area (Å²) in [4.78, 5) is 0. The van der Waals surface area contributed by atoms with E-state index in [-0.39, 0.29) is 0 Å². The lowest BCUT2D eigenvalue weighted by atomic mass is 9.96. The Bertz CT molecular complexity index is 265. The van der Waals surface area contributed by atoms with Gasteiger partial charge >= 0.3 is 0 Å². The molecule has 0 aliphatic heterocycles. The molecule has 0 aromatic carbocycles. The van der Waals surface area contributed by atoms with Crippen molar-refractivity contribution in [2.45, 2.75) is 31.7 Å². The van der Waals surface area contributed by atoms with Crippen LogP contribution in [0.1, 0.15) is 25.7 Å². The smallest absolute Gasteiger partial charge is 0.0353 e. The zero-order valence-electron chi connectivity index (χ0n) is 8.45. The van der Waals surface area contributed by atoms with E-state index in [4.69, 9.17) is 12.3 Å². The second-order valence-corrected chi connectivity index (χ2v) is 5.25. The molecule has 5 unspecified atom stereocenters. The monoisotopic (exact) mass is 190 g/mol. The Morgan fingerprint density at radius 2 is 2.00 bits per heavy atom. The number of hydrogen-bond acceptors (Lipinski definition) is 2. The fraction of sp³-hybridized carbons (Fsp3) is 0.833. The molecule has 3 saturated carbocycles. The molecule has 0 heterocycles. The first-order valence-electron chi connectivity index (χ1n) is 5.76. The standard InChI is InChI=1S/C12H18N2/c1-2-3-9(14-13)12-10-7-4-5-8(6-7)11(10)12/h1,7-12,14H,3-6,13H2. The third-order valence-corrected chi connectivity index (χ3v) is 4.81.